The van der Waals surface area contributed by atoms with E-state index in [1.165, 1.54) is 5.56 Å². The Balaban J connectivity index is 1.43. The van der Waals surface area contributed by atoms with Crippen LogP contribution in [0.5, 0.6) is 0 Å². The molecule has 0 atom stereocenters. The quantitative estimate of drug-likeness (QED) is 0.791. The van der Waals surface area contributed by atoms with E-state index in [0.717, 1.165) is 11.2 Å². The molecule has 5 heteroatoms. The molecular formula is C21H23N3O2. The van der Waals surface area contributed by atoms with Crippen LogP contribution in [0.2, 0.25) is 0 Å². The number of imidazole rings is 1. The average Bonchev–Trinajstić information content (AvgIpc) is 3.06. The smallest absolute Gasteiger partial charge is 0.274 e. The van der Waals surface area contributed by atoms with Crippen LogP contribution in [0.4, 0.5) is 0 Å². The van der Waals surface area contributed by atoms with E-state index in [0.29, 0.717) is 38.0 Å². The lowest BCUT2D eigenvalue weighted by atomic mass is 9.85. The minimum absolute atomic E-state index is 0.0636. The maximum Gasteiger partial charge on any atom is 0.274 e. The summed E-state index contributed by atoms with van der Waals surface area (Å²) in [5.74, 6) is -0.0636. The SMILES string of the molecule is Cc1cccc(CC2(O)CCN(C(=O)c3cn4ccccc4n3)CC2)c1. The summed E-state index contributed by atoms with van der Waals surface area (Å²) >= 11 is 0. The van der Waals surface area contributed by atoms with Crippen molar-refractivity contribution in [2.24, 2.45) is 0 Å². The van der Waals surface area contributed by atoms with Crippen LogP contribution in [0, 0.1) is 6.92 Å². The first-order valence-electron chi connectivity index (χ1n) is 9.03. The Bertz CT molecular complexity index is 906. The van der Waals surface area contributed by atoms with Crippen LogP contribution >= 0.6 is 0 Å². The molecule has 134 valence electrons. The third-order valence-corrected chi connectivity index (χ3v) is 5.18. The Kier molecular flexibility index (Phi) is 4.24. The monoisotopic (exact) mass is 349 g/mol. The van der Waals surface area contributed by atoms with Crippen LogP contribution in [0.25, 0.3) is 5.65 Å². The number of carbonyl (C=O) groups is 1. The molecule has 26 heavy (non-hydrogen) atoms. The maximum atomic E-state index is 12.8. The molecule has 1 saturated heterocycles. The van der Waals surface area contributed by atoms with Crippen molar-refractivity contribution in [2.45, 2.75) is 31.8 Å². The van der Waals surface area contributed by atoms with Crippen molar-refractivity contribution in [3.05, 3.63) is 71.7 Å². The van der Waals surface area contributed by atoms with Crippen molar-refractivity contribution in [3.63, 3.8) is 0 Å². The summed E-state index contributed by atoms with van der Waals surface area (Å²) in [6, 6.07) is 14.0. The summed E-state index contributed by atoms with van der Waals surface area (Å²) in [6.45, 7) is 3.16. The molecule has 3 aromatic rings. The average molecular weight is 349 g/mol. The first-order chi connectivity index (χ1) is 12.5. The van der Waals surface area contributed by atoms with Crippen LogP contribution in [-0.2, 0) is 6.42 Å². The van der Waals surface area contributed by atoms with Crippen molar-refractivity contribution in [1.29, 1.82) is 0 Å². The number of aryl methyl sites for hydroxylation is 1. The molecule has 4 rings (SSSR count). The Morgan fingerprint density at radius 1 is 1.19 bits per heavy atom. The summed E-state index contributed by atoms with van der Waals surface area (Å²) in [4.78, 5) is 19.0. The van der Waals surface area contributed by atoms with E-state index in [9.17, 15) is 9.90 Å². The summed E-state index contributed by atoms with van der Waals surface area (Å²) in [6.07, 6.45) is 5.45. The minimum Gasteiger partial charge on any atom is -0.389 e. The Labute approximate surface area is 152 Å². The molecule has 1 aromatic carbocycles. The van der Waals surface area contributed by atoms with Gasteiger partial charge in [-0.05, 0) is 37.5 Å². The number of nitrogens with zero attached hydrogens (tertiary/aromatic N) is 3. The highest BCUT2D eigenvalue weighted by molar-refractivity contribution is 5.93. The largest absolute Gasteiger partial charge is 0.389 e. The van der Waals surface area contributed by atoms with Gasteiger partial charge in [0, 0.05) is 31.9 Å². The molecule has 2 aromatic heterocycles. The first kappa shape index (κ1) is 16.8. The van der Waals surface area contributed by atoms with Gasteiger partial charge in [-0.15, -0.1) is 0 Å². The zero-order chi connectivity index (χ0) is 18.1. The molecule has 5 nitrogen and oxygen atoms in total. The number of amides is 1. The molecule has 1 aliphatic heterocycles. The third kappa shape index (κ3) is 3.35. The zero-order valence-corrected chi connectivity index (χ0v) is 14.9. The maximum absolute atomic E-state index is 12.8. The molecule has 1 fully saturated rings. The molecule has 0 unspecified atom stereocenters. The number of fused-ring (bicyclic) bond motifs is 1. The van der Waals surface area contributed by atoms with E-state index in [-0.39, 0.29) is 5.91 Å². The van der Waals surface area contributed by atoms with Gasteiger partial charge in [0.05, 0.1) is 5.60 Å². The molecule has 0 aliphatic carbocycles. The molecule has 0 spiro atoms. The summed E-state index contributed by atoms with van der Waals surface area (Å²) in [5.41, 5.74) is 2.83. The fourth-order valence-electron chi connectivity index (χ4n) is 3.70. The van der Waals surface area contributed by atoms with Crippen molar-refractivity contribution in [2.75, 3.05) is 13.1 Å². The summed E-state index contributed by atoms with van der Waals surface area (Å²) in [5, 5.41) is 10.9. The van der Waals surface area contributed by atoms with Gasteiger partial charge in [-0.2, -0.15) is 0 Å². The summed E-state index contributed by atoms with van der Waals surface area (Å²) in [7, 11) is 0. The van der Waals surface area contributed by atoms with Gasteiger partial charge in [0.2, 0.25) is 0 Å². The van der Waals surface area contributed by atoms with Crippen molar-refractivity contribution in [1.82, 2.24) is 14.3 Å². The molecule has 1 amide bonds. The van der Waals surface area contributed by atoms with Crippen LogP contribution in [0.1, 0.15) is 34.5 Å². The second-order valence-electron chi connectivity index (χ2n) is 7.27. The van der Waals surface area contributed by atoms with E-state index < -0.39 is 5.60 Å². The number of piperidine rings is 1. The van der Waals surface area contributed by atoms with Crippen LogP contribution < -0.4 is 0 Å². The second-order valence-corrected chi connectivity index (χ2v) is 7.27. The lowest BCUT2D eigenvalue weighted by Gasteiger charge is -2.38. The number of likely N-dealkylation sites (tertiary alicyclic amines) is 1. The number of rotatable bonds is 3. The Morgan fingerprint density at radius 2 is 2.00 bits per heavy atom. The van der Waals surface area contributed by atoms with E-state index in [1.807, 2.05) is 34.9 Å². The predicted molar refractivity (Wildman–Crippen MR) is 100 cm³/mol. The van der Waals surface area contributed by atoms with Crippen molar-refractivity contribution >= 4 is 11.6 Å². The number of hydrogen-bond acceptors (Lipinski definition) is 3. The lowest BCUT2D eigenvalue weighted by molar-refractivity contribution is -0.0163. The van der Waals surface area contributed by atoms with Gasteiger partial charge in [-0.25, -0.2) is 4.98 Å². The van der Waals surface area contributed by atoms with Crippen LogP contribution in [0.3, 0.4) is 0 Å². The predicted octanol–water partition coefficient (Wildman–Crippen LogP) is 2.85. The third-order valence-electron chi connectivity index (χ3n) is 5.18. The molecule has 1 aliphatic rings. The number of carbonyl (C=O) groups excluding carboxylic acids is 1. The highest BCUT2D eigenvalue weighted by Gasteiger charge is 2.34. The van der Waals surface area contributed by atoms with Gasteiger partial charge in [0.15, 0.2) is 0 Å². The van der Waals surface area contributed by atoms with E-state index in [1.54, 1.807) is 11.1 Å². The minimum atomic E-state index is -0.747. The van der Waals surface area contributed by atoms with Gasteiger partial charge < -0.3 is 14.4 Å². The van der Waals surface area contributed by atoms with Crippen LogP contribution in [0.15, 0.2) is 54.9 Å². The lowest BCUT2D eigenvalue weighted by Crippen LogP contribution is -2.47. The molecular weight excluding hydrogens is 326 g/mol. The molecule has 0 bridgehead atoms. The fourth-order valence-corrected chi connectivity index (χ4v) is 3.70. The van der Waals surface area contributed by atoms with E-state index in [4.69, 9.17) is 0 Å². The number of hydrogen-bond donors (Lipinski definition) is 1. The number of aliphatic hydroxyl groups is 1. The topological polar surface area (TPSA) is 57.8 Å². The first-order valence-corrected chi connectivity index (χ1v) is 9.03. The Hall–Kier alpha value is -2.66. The highest BCUT2D eigenvalue weighted by atomic mass is 16.3. The Morgan fingerprint density at radius 3 is 2.73 bits per heavy atom. The van der Waals surface area contributed by atoms with E-state index >= 15 is 0 Å². The van der Waals surface area contributed by atoms with Gasteiger partial charge >= 0.3 is 0 Å². The highest BCUT2D eigenvalue weighted by Crippen LogP contribution is 2.27. The molecule has 3 heterocycles. The van der Waals surface area contributed by atoms with Crippen LogP contribution in [-0.4, -0.2) is 44.0 Å². The number of pyridine rings is 1. The summed E-state index contributed by atoms with van der Waals surface area (Å²) < 4.78 is 1.85. The van der Waals surface area contributed by atoms with Crippen molar-refractivity contribution in [3.8, 4) is 0 Å². The number of benzene rings is 1. The van der Waals surface area contributed by atoms with Gasteiger partial charge in [0.25, 0.3) is 5.91 Å². The number of aromatic nitrogens is 2. The normalized spacial score (nSPS) is 16.8. The zero-order valence-electron chi connectivity index (χ0n) is 14.9. The van der Waals surface area contributed by atoms with Gasteiger partial charge in [-0.3, -0.25) is 4.79 Å². The molecule has 1 N–H and O–H groups in total. The molecule has 0 saturated carbocycles. The molecule has 0 radical (unpaired) electrons. The standard InChI is InChI=1S/C21H23N3O2/c1-16-5-4-6-17(13-16)14-21(26)8-11-23(12-9-21)20(25)18-15-24-10-3-2-7-19(24)22-18/h2-7,10,13,15,26H,8-9,11-12,14H2,1H3. The van der Waals surface area contributed by atoms with Gasteiger partial charge in [0.1, 0.15) is 11.3 Å². The second kappa shape index (κ2) is 6.57. The van der Waals surface area contributed by atoms with E-state index in [2.05, 4.69) is 30.1 Å². The van der Waals surface area contributed by atoms with Gasteiger partial charge in [-0.1, -0.05) is 35.9 Å². The van der Waals surface area contributed by atoms with Crippen molar-refractivity contribution < 1.29 is 9.90 Å². The fraction of sp³-hybridized carbons (Fsp3) is 0.333.